The highest BCUT2D eigenvalue weighted by molar-refractivity contribution is 6.32. The van der Waals surface area contributed by atoms with Crippen LogP contribution < -0.4 is 10.9 Å². The summed E-state index contributed by atoms with van der Waals surface area (Å²) in [6.45, 7) is 4.68. The Kier molecular flexibility index (Phi) is 6.15. The second-order valence-electron chi connectivity index (χ2n) is 4.31. The van der Waals surface area contributed by atoms with Crippen molar-refractivity contribution < 1.29 is 5.11 Å². The number of aliphatic hydroxyl groups is 1. The molecule has 0 spiro atoms. The van der Waals surface area contributed by atoms with E-state index in [9.17, 15) is 4.79 Å². The summed E-state index contributed by atoms with van der Waals surface area (Å²) in [5, 5.41) is 16.1. The molecule has 102 valence electrons. The number of rotatable bonds is 7. The molecule has 0 aromatic carbocycles. The van der Waals surface area contributed by atoms with E-state index in [0.29, 0.717) is 18.7 Å². The van der Waals surface area contributed by atoms with E-state index < -0.39 is 0 Å². The Morgan fingerprint density at radius 3 is 2.94 bits per heavy atom. The van der Waals surface area contributed by atoms with Crippen molar-refractivity contribution in [3.05, 3.63) is 21.6 Å². The molecule has 1 atom stereocenters. The average molecular weight is 274 g/mol. The van der Waals surface area contributed by atoms with Gasteiger partial charge in [0.2, 0.25) is 0 Å². The fraction of sp³-hybridized carbons (Fsp3) is 0.667. The number of aromatic nitrogens is 2. The summed E-state index contributed by atoms with van der Waals surface area (Å²) in [7, 11) is 0. The molecule has 5 nitrogen and oxygen atoms in total. The third kappa shape index (κ3) is 3.99. The van der Waals surface area contributed by atoms with Gasteiger partial charge in [-0.25, -0.2) is 4.68 Å². The van der Waals surface area contributed by atoms with Crippen LogP contribution in [0.3, 0.4) is 0 Å². The zero-order chi connectivity index (χ0) is 13.5. The van der Waals surface area contributed by atoms with Gasteiger partial charge in [-0.15, -0.1) is 0 Å². The van der Waals surface area contributed by atoms with Crippen molar-refractivity contribution in [3.63, 3.8) is 0 Å². The molecule has 1 aromatic heterocycles. The fourth-order valence-corrected chi connectivity index (χ4v) is 1.87. The number of aryl methyl sites for hydroxylation is 1. The third-order valence-corrected chi connectivity index (χ3v) is 2.98. The predicted octanol–water partition coefficient (Wildman–Crippen LogP) is 1.88. The molecule has 0 saturated carbocycles. The second kappa shape index (κ2) is 7.38. The average Bonchev–Trinajstić information content (AvgIpc) is 2.36. The fourth-order valence-electron chi connectivity index (χ4n) is 1.67. The molecule has 6 heteroatoms. The van der Waals surface area contributed by atoms with Crippen molar-refractivity contribution in [1.29, 1.82) is 0 Å². The van der Waals surface area contributed by atoms with Gasteiger partial charge >= 0.3 is 0 Å². The molecule has 0 aliphatic carbocycles. The summed E-state index contributed by atoms with van der Waals surface area (Å²) in [4.78, 5) is 11.9. The maximum Gasteiger partial charge on any atom is 0.287 e. The second-order valence-corrected chi connectivity index (χ2v) is 4.69. The van der Waals surface area contributed by atoms with Crippen molar-refractivity contribution >= 4 is 17.3 Å². The smallest absolute Gasteiger partial charge is 0.287 e. The zero-order valence-corrected chi connectivity index (χ0v) is 11.6. The molecule has 0 aliphatic rings. The molecular weight excluding hydrogens is 254 g/mol. The van der Waals surface area contributed by atoms with Gasteiger partial charge in [0.15, 0.2) is 0 Å². The quantitative estimate of drug-likeness (QED) is 0.796. The highest BCUT2D eigenvalue weighted by Gasteiger charge is 2.10. The van der Waals surface area contributed by atoms with Gasteiger partial charge < -0.3 is 10.4 Å². The molecule has 0 aliphatic heterocycles. The van der Waals surface area contributed by atoms with Crippen LogP contribution >= 0.6 is 11.6 Å². The van der Waals surface area contributed by atoms with Crippen LogP contribution in [-0.4, -0.2) is 27.5 Å². The molecule has 0 bridgehead atoms. The van der Waals surface area contributed by atoms with Crippen molar-refractivity contribution in [2.45, 2.75) is 45.7 Å². The Morgan fingerprint density at radius 1 is 1.61 bits per heavy atom. The van der Waals surface area contributed by atoms with Gasteiger partial charge in [-0.05, 0) is 26.2 Å². The van der Waals surface area contributed by atoms with E-state index in [2.05, 4.69) is 10.4 Å². The van der Waals surface area contributed by atoms with Crippen molar-refractivity contribution in [2.75, 3.05) is 11.9 Å². The zero-order valence-electron chi connectivity index (χ0n) is 10.8. The van der Waals surface area contributed by atoms with E-state index in [1.54, 1.807) is 6.20 Å². The number of halogens is 1. The first kappa shape index (κ1) is 15.0. The number of nitrogens with one attached hydrogen (secondary N) is 1. The lowest BCUT2D eigenvalue weighted by atomic mass is 10.2. The highest BCUT2D eigenvalue weighted by atomic mass is 35.5. The van der Waals surface area contributed by atoms with Crippen LogP contribution in [0.25, 0.3) is 0 Å². The highest BCUT2D eigenvalue weighted by Crippen LogP contribution is 2.17. The van der Waals surface area contributed by atoms with Crippen molar-refractivity contribution in [3.8, 4) is 0 Å². The largest absolute Gasteiger partial charge is 0.396 e. The van der Waals surface area contributed by atoms with Crippen LogP contribution in [0.4, 0.5) is 5.69 Å². The molecule has 18 heavy (non-hydrogen) atoms. The Hall–Kier alpha value is -1.07. The standard InChI is InChI=1S/C12H20ClN3O2/c1-3-6-16-12(18)11(13)10(8-14-16)15-9(2)5-4-7-17/h8-9,15,17H,3-7H2,1-2H3. The Balaban J connectivity index is 2.79. The Bertz CT molecular complexity index is 434. The number of hydrogen-bond acceptors (Lipinski definition) is 4. The summed E-state index contributed by atoms with van der Waals surface area (Å²) in [5.74, 6) is 0. The van der Waals surface area contributed by atoms with Crippen molar-refractivity contribution in [2.24, 2.45) is 0 Å². The first-order valence-corrected chi connectivity index (χ1v) is 6.61. The summed E-state index contributed by atoms with van der Waals surface area (Å²) < 4.78 is 1.37. The lowest BCUT2D eigenvalue weighted by Crippen LogP contribution is -2.25. The van der Waals surface area contributed by atoms with Gasteiger partial charge in [0.1, 0.15) is 5.02 Å². The summed E-state index contributed by atoms with van der Waals surface area (Å²) in [5.41, 5.74) is 0.289. The summed E-state index contributed by atoms with van der Waals surface area (Å²) in [6, 6.07) is 0.137. The van der Waals surface area contributed by atoms with Crippen LogP contribution in [0.1, 0.15) is 33.1 Å². The van der Waals surface area contributed by atoms with E-state index in [-0.39, 0.29) is 23.2 Å². The Labute approximate surface area is 112 Å². The number of anilines is 1. The van der Waals surface area contributed by atoms with Crippen LogP contribution in [0.5, 0.6) is 0 Å². The minimum Gasteiger partial charge on any atom is -0.396 e. The topological polar surface area (TPSA) is 67.2 Å². The van der Waals surface area contributed by atoms with Gasteiger partial charge in [-0.3, -0.25) is 4.79 Å². The van der Waals surface area contributed by atoms with Crippen molar-refractivity contribution in [1.82, 2.24) is 9.78 Å². The van der Waals surface area contributed by atoms with Crippen LogP contribution in [0.15, 0.2) is 11.0 Å². The minimum absolute atomic E-state index is 0.137. The first-order valence-electron chi connectivity index (χ1n) is 6.23. The molecule has 0 amide bonds. The molecular formula is C12H20ClN3O2. The van der Waals surface area contributed by atoms with Gasteiger partial charge in [0.05, 0.1) is 11.9 Å². The van der Waals surface area contributed by atoms with Gasteiger partial charge in [0.25, 0.3) is 5.56 Å². The lowest BCUT2D eigenvalue weighted by molar-refractivity contribution is 0.282. The van der Waals surface area contributed by atoms with E-state index >= 15 is 0 Å². The molecule has 0 fully saturated rings. The molecule has 0 saturated heterocycles. The van der Waals surface area contributed by atoms with Gasteiger partial charge in [-0.2, -0.15) is 5.10 Å². The van der Waals surface area contributed by atoms with Crippen LogP contribution in [0.2, 0.25) is 5.02 Å². The van der Waals surface area contributed by atoms with E-state index in [1.807, 2.05) is 13.8 Å². The molecule has 2 N–H and O–H groups in total. The monoisotopic (exact) mass is 273 g/mol. The third-order valence-electron chi connectivity index (χ3n) is 2.62. The van der Waals surface area contributed by atoms with E-state index in [0.717, 1.165) is 12.8 Å². The number of nitrogens with zero attached hydrogens (tertiary/aromatic N) is 2. The first-order chi connectivity index (χ1) is 8.60. The predicted molar refractivity (Wildman–Crippen MR) is 73.2 cm³/mol. The maximum atomic E-state index is 11.9. The van der Waals surface area contributed by atoms with Gasteiger partial charge in [-0.1, -0.05) is 18.5 Å². The van der Waals surface area contributed by atoms with E-state index in [1.165, 1.54) is 4.68 Å². The molecule has 1 heterocycles. The molecule has 1 aromatic rings. The number of aliphatic hydroxyl groups excluding tert-OH is 1. The maximum absolute atomic E-state index is 11.9. The van der Waals surface area contributed by atoms with Crippen LogP contribution in [0, 0.1) is 0 Å². The van der Waals surface area contributed by atoms with Crippen LogP contribution in [-0.2, 0) is 6.54 Å². The lowest BCUT2D eigenvalue weighted by Gasteiger charge is -2.15. The SMILES string of the molecule is CCCn1ncc(NC(C)CCCO)c(Cl)c1=O. The normalized spacial score (nSPS) is 12.4. The molecule has 0 radical (unpaired) electrons. The summed E-state index contributed by atoms with van der Waals surface area (Å²) >= 11 is 6.03. The Morgan fingerprint density at radius 2 is 2.33 bits per heavy atom. The number of hydrogen-bond donors (Lipinski definition) is 2. The summed E-state index contributed by atoms with van der Waals surface area (Å²) in [6.07, 6.45) is 3.94. The molecule has 1 unspecified atom stereocenters. The molecule has 1 rings (SSSR count). The van der Waals surface area contributed by atoms with E-state index in [4.69, 9.17) is 16.7 Å². The minimum atomic E-state index is -0.266. The van der Waals surface area contributed by atoms with Gasteiger partial charge in [0, 0.05) is 19.2 Å².